The Labute approximate surface area is 158 Å². The zero-order valence-electron chi connectivity index (χ0n) is 15.5. The molecule has 8 heteroatoms. The molecule has 1 aliphatic heterocycles. The SMILES string of the molecule is Cc1ccc(NC(=O)CSc2nnc(C[NH+]3CCOCC3)n2C)c(C)c1. The molecule has 0 aliphatic carbocycles. The lowest BCUT2D eigenvalue weighted by molar-refractivity contribution is -0.922. The van der Waals surface area contributed by atoms with E-state index in [0.717, 1.165) is 55.1 Å². The van der Waals surface area contributed by atoms with Crippen LogP contribution >= 0.6 is 11.8 Å². The average molecular weight is 377 g/mol. The van der Waals surface area contributed by atoms with Crippen molar-refractivity contribution >= 4 is 23.4 Å². The molecule has 2 aromatic rings. The van der Waals surface area contributed by atoms with Crippen LogP contribution in [0.3, 0.4) is 0 Å². The summed E-state index contributed by atoms with van der Waals surface area (Å²) >= 11 is 1.41. The summed E-state index contributed by atoms with van der Waals surface area (Å²) in [7, 11) is 1.96. The van der Waals surface area contributed by atoms with Gasteiger partial charge in [-0.1, -0.05) is 29.5 Å². The minimum atomic E-state index is -0.0368. The number of aromatic nitrogens is 3. The molecule has 140 valence electrons. The van der Waals surface area contributed by atoms with Gasteiger partial charge >= 0.3 is 0 Å². The molecule has 1 amide bonds. The number of morpholine rings is 1. The molecule has 0 unspecified atom stereocenters. The number of hydrogen-bond acceptors (Lipinski definition) is 5. The van der Waals surface area contributed by atoms with Crippen LogP contribution in [0, 0.1) is 13.8 Å². The maximum absolute atomic E-state index is 12.3. The number of carbonyl (C=O) groups is 1. The van der Waals surface area contributed by atoms with Crippen LogP contribution in [0.25, 0.3) is 0 Å². The van der Waals surface area contributed by atoms with E-state index >= 15 is 0 Å². The lowest BCUT2D eigenvalue weighted by Crippen LogP contribution is -3.12. The molecule has 0 saturated carbocycles. The van der Waals surface area contributed by atoms with E-state index in [0.29, 0.717) is 5.75 Å². The Bertz CT molecular complexity index is 771. The Morgan fingerprint density at radius 1 is 1.31 bits per heavy atom. The van der Waals surface area contributed by atoms with Crippen LogP contribution < -0.4 is 10.2 Å². The molecule has 1 aromatic carbocycles. The van der Waals surface area contributed by atoms with Crippen molar-refractivity contribution in [1.29, 1.82) is 0 Å². The van der Waals surface area contributed by atoms with Gasteiger partial charge in [0.1, 0.15) is 19.6 Å². The van der Waals surface area contributed by atoms with Crippen molar-refractivity contribution in [3.63, 3.8) is 0 Å². The topological polar surface area (TPSA) is 73.5 Å². The third kappa shape index (κ3) is 4.84. The molecule has 7 nitrogen and oxygen atoms in total. The van der Waals surface area contributed by atoms with E-state index in [1.54, 1.807) is 0 Å². The van der Waals surface area contributed by atoms with Crippen molar-refractivity contribution in [3.05, 3.63) is 35.2 Å². The van der Waals surface area contributed by atoms with Gasteiger partial charge in [-0.2, -0.15) is 0 Å². The second-order valence-electron chi connectivity index (χ2n) is 6.65. The minimum absolute atomic E-state index is 0.0368. The Kier molecular flexibility index (Phi) is 6.29. The second-order valence-corrected chi connectivity index (χ2v) is 7.59. The molecule has 1 saturated heterocycles. The van der Waals surface area contributed by atoms with Gasteiger partial charge in [0.2, 0.25) is 5.91 Å². The molecule has 0 spiro atoms. The average Bonchev–Trinajstić information content (AvgIpc) is 2.96. The monoisotopic (exact) mass is 376 g/mol. The van der Waals surface area contributed by atoms with E-state index in [-0.39, 0.29) is 5.91 Å². The number of hydrogen-bond donors (Lipinski definition) is 2. The maximum Gasteiger partial charge on any atom is 0.234 e. The number of anilines is 1. The zero-order chi connectivity index (χ0) is 18.5. The van der Waals surface area contributed by atoms with Gasteiger partial charge in [0, 0.05) is 12.7 Å². The van der Waals surface area contributed by atoms with Crippen LogP contribution in [0.15, 0.2) is 23.4 Å². The van der Waals surface area contributed by atoms with Crippen molar-refractivity contribution in [2.24, 2.45) is 7.05 Å². The molecular formula is C18H26N5O2S+. The van der Waals surface area contributed by atoms with Gasteiger partial charge in [-0.25, -0.2) is 0 Å². The van der Waals surface area contributed by atoms with E-state index in [1.807, 2.05) is 37.6 Å². The van der Waals surface area contributed by atoms with E-state index in [9.17, 15) is 4.79 Å². The number of nitrogens with one attached hydrogen (secondary N) is 2. The summed E-state index contributed by atoms with van der Waals surface area (Å²) < 4.78 is 7.37. The number of aryl methyl sites for hydroxylation is 2. The molecule has 2 heterocycles. The molecular weight excluding hydrogens is 350 g/mol. The highest BCUT2D eigenvalue weighted by molar-refractivity contribution is 7.99. The minimum Gasteiger partial charge on any atom is -0.370 e. The lowest BCUT2D eigenvalue weighted by Gasteiger charge is -2.23. The first-order valence-corrected chi connectivity index (χ1v) is 9.81. The molecule has 3 rings (SSSR count). The van der Waals surface area contributed by atoms with Crippen molar-refractivity contribution < 1.29 is 14.4 Å². The highest BCUT2D eigenvalue weighted by Gasteiger charge is 2.19. The predicted molar refractivity (Wildman–Crippen MR) is 101 cm³/mol. The van der Waals surface area contributed by atoms with Gasteiger partial charge in [-0.05, 0) is 25.5 Å². The summed E-state index contributed by atoms with van der Waals surface area (Å²) in [5.74, 6) is 1.22. The Hall–Kier alpha value is -1.90. The summed E-state index contributed by atoms with van der Waals surface area (Å²) in [6.45, 7) is 8.46. The van der Waals surface area contributed by atoms with Crippen molar-refractivity contribution in [3.8, 4) is 0 Å². The van der Waals surface area contributed by atoms with Crippen molar-refractivity contribution in [2.45, 2.75) is 25.5 Å². The summed E-state index contributed by atoms with van der Waals surface area (Å²) in [4.78, 5) is 13.7. The standard InChI is InChI=1S/C18H25N5O2S/c1-13-4-5-15(14(2)10-13)19-17(24)12-26-18-21-20-16(22(18)3)11-23-6-8-25-9-7-23/h4-5,10H,6-9,11-12H2,1-3H3,(H,19,24)/p+1. The van der Waals surface area contributed by atoms with Gasteiger partial charge in [-0.15, -0.1) is 10.2 Å². The zero-order valence-corrected chi connectivity index (χ0v) is 16.4. The van der Waals surface area contributed by atoms with Gasteiger partial charge in [0.15, 0.2) is 11.0 Å². The Morgan fingerprint density at radius 3 is 2.81 bits per heavy atom. The Balaban J connectivity index is 1.53. The number of rotatable bonds is 6. The smallest absolute Gasteiger partial charge is 0.234 e. The molecule has 26 heavy (non-hydrogen) atoms. The van der Waals surface area contributed by atoms with E-state index in [4.69, 9.17) is 4.74 Å². The fourth-order valence-electron chi connectivity index (χ4n) is 2.96. The summed E-state index contributed by atoms with van der Waals surface area (Å²) in [5, 5.41) is 12.3. The number of benzene rings is 1. The first-order valence-electron chi connectivity index (χ1n) is 8.82. The molecule has 0 bridgehead atoms. The number of quaternary nitrogens is 1. The highest BCUT2D eigenvalue weighted by atomic mass is 32.2. The number of ether oxygens (including phenoxy) is 1. The number of amides is 1. The van der Waals surface area contributed by atoms with Crippen LogP contribution in [0.5, 0.6) is 0 Å². The summed E-state index contributed by atoms with van der Waals surface area (Å²) in [5.41, 5.74) is 3.11. The summed E-state index contributed by atoms with van der Waals surface area (Å²) in [6, 6.07) is 6.00. The molecule has 2 N–H and O–H groups in total. The van der Waals surface area contributed by atoms with E-state index in [1.165, 1.54) is 22.2 Å². The van der Waals surface area contributed by atoms with Crippen molar-refractivity contribution in [1.82, 2.24) is 14.8 Å². The van der Waals surface area contributed by atoms with Crippen molar-refractivity contribution in [2.75, 3.05) is 37.4 Å². The molecule has 0 atom stereocenters. The largest absolute Gasteiger partial charge is 0.370 e. The molecule has 1 aliphatic rings. The third-order valence-electron chi connectivity index (χ3n) is 4.52. The summed E-state index contributed by atoms with van der Waals surface area (Å²) in [6.07, 6.45) is 0. The van der Waals surface area contributed by atoms with E-state index < -0.39 is 0 Å². The van der Waals surface area contributed by atoms with Gasteiger partial charge < -0.3 is 19.5 Å². The van der Waals surface area contributed by atoms with Gasteiger partial charge in [-0.3, -0.25) is 4.79 Å². The number of nitrogens with zero attached hydrogens (tertiary/aromatic N) is 3. The number of thioether (sulfide) groups is 1. The van der Waals surface area contributed by atoms with Crippen LogP contribution in [0.2, 0.25) is 0 Å². The van der Waals surface area contributed by atoms with Crippen LogP contribution in [0.1, 0.15) is 17.0 Å². The molecule has 1 fully saturated rings. The molecule has 0 radical (unpaired) electrons. The first-order chi connectivity index (χ1) is 12.5. The molecule has 1 aromatic heterocycles. The van der Waals surface area contributed by atoms with Gasteiger partial charge in [0.05, 0.1) is 19.0 Å². The lowest BCUT2D eigenvalue weighted by atomic mass is 10.1. The predicted octanol–water partition coefficient (Wildman–Crippen LogP) is 0.578. The fraction of sp³-hybridized carbons (Fsp3) is 0.500. The van der Waals surface area contributed by atoms with E-state index in [2.05, 4.69) is 21.6 Å². The number of carbonyl (C=O) groups excluding carboxylic acids is 1. The third-order valence-corrected chi connectivity index (χ3v) is 5.54. The van der Waals surface area contributed by atoms with Gasteiger partial charge in [0.25, 0.3) is 0 Å². The fourth-order valence-corrected chi connectivity index (χ4v) is 3.69. The normalized spacial score (nSPS) is 15.2. The quantitative estimate of drug-likeness (QED) is 0.722. The second kappa shape index (κ2) is 8.66. The highest BCUT2D eigenvalue weighted by Crippen LogP contribution is 2.18. The Morgan fingerprint density at radius 2 is 2.08 bits per heavy atom. The van der Waals surface area contributed by atoms with Crippen LogP contribution in [-0.4, -0.2) is 52.7 Å². The van der Waals surface area contributed by atoms with Crippen LogP contribution in [-0.2, 0) is 23.1 Å². The maximum atomic E-state index is 12.3. The van der Waals surface area contributed by atoms with Crippen LogP contribution in [0.4, 0.5) is 5.69 Å². The first kappa shape index (κ1) is 18.9.